The molecule has 0 aliphatic heterocycles. The van der Waals surface area contributed by atoms with Gasteiger partial charge in [0.15, 0.2) is 0 Å². The predicted molar refractivity (Wildman–Crippen MR) is 67.0 cm³/mol. The molecule has 0 unspecified atom stereocenters. The van der Waals surface area contributed by atoms with Crippen molar-refractivity contribution in [3.05, 3.63) is 29.1 Å². The van der Waals surface area contributed by atoms with Gasteiger partial charge in [-0.3, -0.25) is 4.68 Å². The summed E-state index contributed by atoms with van der Waals surface area (Å²) in [4.78, 5) is 4.26. The van der Waals surface area contributed by atoms with Crippen molar-refractivity contribution >= 4 is 0 Å². The first-order chi connectivity index (χ1) is 8.67. The molecule has 1 N–H and O–H groups in total. The molecule has 0 amide bonds. The first-order valence-electron chi connectivity index (χ1n) is 6.17. The van der Waals surface area contributed by atoms with Gasteiger partial charge in [0.25, 0.3) is 0 Å². The summed E-state index contributed by atoms with van der Waals surface area (Å²) in [5.41, 5.74) is 2.76. The predicted octanol–water partition coefficient (Wildman–Crippen LogP) is 1.04. The molecule has 0 saturated heterocycles. The summed E-state index contributed by atoms with van der Waals surface area (Å²) >= 11 is 0. The van der Waals surface area contributed by atoms with E-state index in [1.807, 2.05) is 23.2 Å². The fraction of sp³-hybridized carbons (Fsp3) is 0.583. The molecule has 0 aliphatic rings. The van der Waals surface area contributed by atoms with Gasteiger partial charge in [-0.2, -0.15) is 10.2 Å². The molecule has 6 heteroatoms. The van der Waals surface area contributed by atoms with Crippen molar-refractivity contribution in [1.82, 2.24) is 24.5 Å². The Balaban J connectivity index is 2.26. The van der Waals surface area contributed by atoms with Crippen LogP contribution in [0.15, 0.2) is 6.33 Å². The number of aliphatic hydroxyl groups excluding tert-OH is 1. The molecule has 0 fully saturated rings. The lowest BCUT2D eigenvalue weighted by atomic mass is 10.2. The van der Waals surface area contributed by atoms with Crippen LogP contribution in [0.3, 0.4) is 0 Å². The van der Waals surface area contributed by atoms with Gasteiger partial charge in [0.05, 0.1) is 12.3 Å². The average Bonchev–Trinajstić information content (AvgIpc) is 2.87. The van der Waals surface area contributed by atoms with Crippen molar-refractivity contribution in [2.45, 2.75) is 46.9 Å². The van der Waals surface area contributed by atoms with Crippen LogP contribution >= 0.6 is 0 Å². The van der Waals surface area contributed by atoms with Crippen molar-refractivity contribution < 1.29 is 5.11 Å². The van der Waals surface area contributed by atoms with Crippen molar-refractivity contribution in [2.24, 2.45) is 0 Å². The lowest BCUT2D eigenvalue weighted by Crippen LogP contribution is -2.12. The Morgan fingerprint density at radius 2 is 2.06 bits per heavy atom. The summed E-state index contributed by atoms with van der Waals surface area (Å²) in [6, 6.07) is 0. The second kappa shape index (κ2) is 5.30. The van der Waals surface area contributed by atoms with Gasteiger partial charge in [0, 0.05) is 17.8 Å². The van der Waals surface area contributed by atoms with E-state index in [0.29, 0.717) is 6.54 Å². The maximum Gasteiger partial charge on any atom is 0.148 e. The zero-order valence-corrected chi connectivity index (χ0v) is 11.1. The lowest BCUT2D eigenvalue weighted by Gasteiger charge is -2.06. The van der Waals surface area contributed by atoms with Crippen LogP contribution in [0.1, 0.15) is 36.1 Å². The van der Waals surface area contributed by atoms with Gasteiger partial charge in [-0.15, -0.1) is 0 Å². The molecular formula is C12H19N5O. The van der Waals surface area contributed by atoms with Crippen molar-refractivity contribution in [3.8, 4) is 0 Å². The first-order valence-corrected chi connectivity index (χ1v) is 6.17. The number of aromatic nitrogens is 5. The third-order valence-corrected chi connectivity index (χ3v) is 3.11. The van der Waals surface area contributed by atoms with Crippen LogP contribution in [0.4, 0.5) is 0 Å². The van der Waals surface area contributed by atoms with Gasteiger partial charge < -0.3 is 5.11 Å². The molecule has 0 saturated carbocycles. The Kier molecular flexibility index (Phi) is 3.76. The summed E-state index contributed by atoms with van der Waals surface area (Å²) in [5, 5.41) is 17.9. The van der Waals surface area contributed by atoms with E-state index in [2.05, 4.69) is 22.1 Å². The molecule has 0 spiro atoms. The highest BCUT2D eigenvalue weighted by Gasteiger charge is 2.12. The van der Waals surface area contributed by atoms with E-state index in [0.717, 1.165) is 35.7 Å². The first kappa shape index (κ1) is 12.8. The molecule has 6 nitrogen and oxygen atoms in total. The van der Waals surface area contributed by atoms with E-state index < -0.39 is 0 Å². The van der Waals surface area contributed by atoms with Gasteiger partial charge in [-0.1, -0.05) is 6.92 Å². The molecule has 2 rings (SSSR count). The maximum atomic E-state index is 9.29. The molecule has 98 valence electrons. The highest BCUT2D eigenvalue weighted by atomic mass is 16.3. The molecule has 0 atom stereocenters. The Morgan fingerprint density at radius 1 is 1.28 bits per heavy atom. The maximum absolute atomic E-state index is 9.29. The molecule has 18 heavy (non-hydrogen) atoms. The number of hydrogen-bond acceptors (Lipinski definition) is 4. The summed E-state index contributed by atoms with van der Waals surface area (Å²) in [6.45, 7) is 7.46. The molecule has 2 heterocycles. The quantitative estimate of drug-likeness (QED) is 0.859. The van der Waals surface area contributed by atoms with E-state index in [9.17, 15) is 5.11 Å². The van der Waals surface area contributed by atoms with E-state index in [4.69, 9.17) is 0 Å². The zero-order chi connectivity index (χ0) is 13.1. The number of nitrogens with zero attached hydrogens (tertiary/aromatic N) is 5. The fourth-order valence-corrected chi connectivity index (χ4v) is 2.06. The standard InChI is InChI=1S/C12H19N5O/c1-4-5-16-12(13-8-14-16)6-17-10(3)11(7-18)9(2)15-17/h8,18H,4-7H2,1-3H3. The van der Waals surface area contributed by atoms with Crippen molar-refractivity contribution in [3.63, 3.8) is 0 Å². The van der Waals surface area contributed by atoms with Crippen LogP contribution in [0.5, 0.6) is 0 Å². The highest BCUT2D eigenvalue weighted by molar-refractivity contribution is 5.23. The Morgan fingerprint density at radius 3 is 2.67 bits per heavy atom. The summed E-state index contributed by atoms with van der Waals surface area (Å²) in [5.74, 6) is 0.895. The van der Waals surface area contributed by atoms with Crippen LogP contribution in [0.2, 0.25) is 0 Å². The zero-order valence-electron chi connectivity index (χ0n) is 11.1. The number of aryl methyl sites for hydroxylation is 2. The number of aliphatic hydroxyl groups is 1. The van der Waals surface area contributed by atoms with E-state index in [1.54, 1.807) is 6.33 Å². The topological polar surface area (TPSA) is 68.8 Å². The van der Waals surface area contributed by atoms with Crippen LogP contribution in [-0.4, -0.2) is 29.7 Å². The fourth-order valence-electron chi connectivity index (χ4n) is 2.06. The molecule has 2 aromatic heterocycles. The molecule has 0 radical (unpaired) electrons. The second-order valence-corrected chi connectivity index (χ2v) is 4.36. The number of rotatable bonds is 5. The van der Waals surface area contributed by atoms with Gasteiger partial charge >= 0.3 is 0 Å². The summed E-state index contributed by atoms with van der Waals surface area (Å²) in [6.07, 6.45) is 2.60. The van der Waals surface area contributed by atoms with Gasteiger partial charge in [-0.25, -0.2) is 9.67 Å². The molecule has 0 aromatic carbocycles. The third-order valence-electron chi connectivity index (χ3n) is 3.11. The minimum atomic E-state index is 0.0271. The monoisotopic (exact) mass is 249 g/mol. The van der Waals surface area contributed by atoms with Crippen LogP contribution in [0.25, 0.3) is 0 Å². The third kappa shape index (κ3) is 2.28. The van der Waals surface area contributed by atoms with Crippen LogP contribution in [-0.2, 0) is 19.7 Å². The lowest BCUT2D eigenvalue weighted by molar-refractivity contribution is 0.280. The second-order valence-electron chi connectivity index (χ2n) is 4.36. The van der Waals surface area contributed by atoms with Gasteiger partial charge in [0.2, 0.25) is 0 Å². The SMILES string of the molecule is CCCn1ncnc1Cn1nc(C)c(CO)c1C. The molecule has 0 bridgehead atoms. The van der Waals surface area contributed by atoms with Crippen LogP contribution < -0.4 is 0 Å². The van der Waals surface area contributed by atoms with E-state index >= 15 is 0 Å². The van der Waals surface area contributed by atoms with Gasteiger partial charge in [0.1, 0.15) is 18.7 Å². The largest absolute Gasteiger partial charge is 0.392 e. The molecular weight excluding hydrogens is 230 g/mol. The average molecular weight is 249 g/mol. The smallest absolute Gasteiger partial charge is 0.148 e. The molecule has 0 aliphatic carbocycles. The highest BCUT2D eigenvalue weighted by Crippen LogP contribution is 2.13. The number of hydrogen-bond donors (Lipinski definition) is 1. The Labute approximate surface area is 106 Å². The minimum absolute atomic E-state index is 0.0271. The minimum Gasteiger partial charge on any atom is -0.392 e. The molecule has 2 aromatic rings. The Hall–Kier alpha value is -1.69. The Bertz CT molecular complexity index is 529. The van der Waals surface area contributed by atoms with E-state index in [1.165, 1.54) is 0 Å². The van der Waals surface area contributed by atoms with E-state index in [-0.39, 0.29) is 6.61 Å². The summed E-state index contributed by atoms with van der Waals surface area (Å²) in [7, 11) is 0. The van der Waals surface area contributed by atoms with Crippen molar-refractivity contribution in [1.29, 1.82) is 0 Å². The van der Waals surface area contributed by atoms with Crippen LogP contribution in [0, 0.1) is 13.8 Å². The summed E-state index contributed by atoms with van der Waals surface area (Å²) < 4.78 is 3.77. The van der Waals surface area contributed by atoms with Crippen molar-refractivity contribution in [2.75, 3.05) is 0 Å². The normalized spacial score (nSPS) is 11.1. The van der Waals surface area contributed by atoms with Gasteiger partial charge in [-0.05, 0) is 20.3 Å².